The molecule has 0 radical (unpaired) electrons. The summed E-state index contributed by atoms with van der Waals surface area (Å²) in [7, 11) is -3.20. The van der Waals surface area contributed by atoms with E-state index < -0.39 is 20.7 Å². The summed E-state index contributed by atoms with van der Waals surface area (Å²) in [6, 6.07) is -0.303. The standard InChI is InChI=1S/C16H29NO5S/c1-3-6-16(19,7-4-2)11-15(18)17-8-10-23(20,21)14-12-22-9-5-13(14)17/h13-14,19H,3-12H2,1-2H3/t13-,14+/m1/s1. The molecular formula is C16H29NO5S. The van der Waals surface area contributed by atoms with E-state index >= 15 is 0 Å². The molecule has 23 heavy (non-hydrogen) atoms. The smallest absolute Gasteiger partial charge is 0.225 e. The van der Waals surface area contributed by atoms with Gasteiger partial charge in [0, 0.05) is 13.2 Å². The van der Waals surface area contributed by atoms with Crippen molar-refractivity contribution >= 4 is 15.7 Å². The van der Waals surface area contributed by atoms with E-state index in [0.29, 0.717) is 25.9 Å². The maximum Gasteiger partial charge on any atom is 0.225 e. The Morgan fingerprint density at radius 1 is 1.30 bits per heavy atom. The highest BCUT2D eigenvalue weighted by Gasteiger charge is 2.46. The van der Waals surface area contributed by atoms with Crippen LogP contribution in [0, 0.1) is 0 Å². The Bertz CT molecular complexity index is 513. The highest BCUT2D eigenvalue weighted by atomic mass is 32.2. The largest absolute Gasteiger partial charge is 0.389 e. The first-order valence-electron chi connectivity index (χ1n) is 8.64. The highest BCUT2D eigenvalue weighted by Crippen LogP contribution is 2.30. The lowest BCUT2D eigenvalue weighted by molar-refractivity contribution is -0.141. The van der Waals surface area contributed by atoms with Gasteiger partial charge in [0.2, 0.25) is 5.91 Å². The van der Waals surface area contributed by atoms with E-state index in [4.69, 9.17) is 4.74 Å². The lowest BCUT2D eigenvalue weighted by Gasteiger charge is -2.44. The molecule has 2 aliphatic rings. The molecule has 0 saturated carbocycles. The van der Waals surface area contributed by atoms with E-state index in [1.54, 1.807) is 4.90 Å². The molecule has 0 spiro atoms. The minimum absolute atomic E-state index is 0.0107. The van der Waals surface area contributed by atoms with Crippen molar-refractivity contribution in [1.82, 2.24) is 4.90 Å². The van der Waals surface area contributed by atoms with Crippen LogP contribution in [0.1, 0.15) is 52.4 Å². The Hall–Kier alpha value is -0.660. The van der Waals surface area contributed by atoms with Gasteiger partial charge < -0.3 is 14.7 Å². The molecule has 2 fully saturated rings. The Balaban J connectivity index is 2.12. The quantitative estimate of drug-likeness (QED) is 0.778. The van der Waals surface area contributed by atoms with Gasteiger partial charge in [-0.3, -0.25) is 4.79 Å². The van der Waals surface area contributed by atoms with E-state index in [0.717, 1.165) is 12.8 Å². The van der Waals surface area contributed by atoms with Crippen LogP contribution >= 0.6 is 0 Å². The van der Waals surface area contributed by atoms with E-state index in [-0.39, 0.29) is 37.3 Å². The number of rotatable bonds is 6. The molecule has 0 aliphatic carbocycles. The summed E-state index contributed by atoms with van der Waals surface area (Å²) in [5.41, 5.74) is -0.975. The molecule has 0 aromatic carbocycles. The Morgan fingerprint density at radius 2 is 1.96 bits per heavy atom. The molecule has 2 saturated heterocycles. The van der Waals surface area contributed by atoms with Crippen LogP contribution in [0.4, 0.5) is 0 Å². The predicted octanol–water partition coefficient (Wildman–Crippen LogP) is 1.12. The van der Waals surface area contributed by atoms with Gasteiger partial charge in [-0.15, -0.1) is 0 Å². The second kappa shape index (κ2) is 7.49. The van der Waals surface area contributed by atoms with Gasteiger partial charge in [0.1, 0.15) is 5.25 Å². The van der Waals surface area contributed by atoms with Crippen molar-refractivity contribution in [3.8, 4) is 0 Å². The van der Waals surface area contributed by atoms with Crippen LogP contribution in [-0.2, 0) is 19.4 Å². The third-order valence-corrected chi connectivity index (χ3v) is 7.10. The van der Waals surface area contributed by atoms with Crippen molar-refractivity contribution in [3.63, 3.8) is 0 Å². The first-order valence-corrected chi connectivity index (χ1v) is 10.4. The molecule has 2 heterocycles. The fraction of sp³-hybridized carbons (Fsp3) is 0.938. The van der Waals surface area contributed by atoms with Crippen molar-refractivity contribution in [2.75, 3.05) is 25.5 Å². The van der Waals surface area contributed by atoms with E-state index in [1.807, 2.05) is 13.8 Å². The number of ether oxygens (including phenoxy) is 1. The first kappa shape index (κ1) is 18.7. The maximum atomic E-state index is 12.8. The van der Waals surface area contributed by atoms with Gasteiger partial charge in [0.05, 0.1) is 30.4 Å². The Kier molecular flexibility index (Phi) is 6.08. The van der Waals surface area contributed by atoms with E-state index in [2.05, 4.69) is 0 Å². The number of hydrogen-bond acceptors (Lipinski definition) is 5. The SMILES string of the molecule is CCCC(O)(CCC)CC(=O)N1CCS(=O)(=O)[C@H]2COCC[C@H]21. The van der Waals surface area contributed by atoms with Gasteiger partial charge in [0.15, 0.2) is 9.84 Å². The van der Waals surface area contributed by atoms with Crippen molar-refractivity contribution in [2.24, 2.45) is 0 Å². The molecule has 2 aliphatic heterocycles. The lowest BCUT2D eigenvalue weighted by Crippen LogP contribution is -2.60. The number of fused-ring (bicyclic) bond motifs is 1. The number of amides is 1. The van der Waals surface area contributed by atoms with Crippen LogP contribution in [0.5, 0.6) is 0 Å². The lowest BCUT2D eigenvalue weighted by atomic mass is 9.88. The van der Waals surface area contributed by atoms with Gasteiger partial charge in [0.25, 0.3) is 0 Å². The van der Waals surface area contributed by atoms with E-state index in [9.17, 15) is 18.3 Å². The topological polar surface area (TPSA) is 83.9 Å². The number of carbonyl (C=O) groups is 1. The normalized spacial score (nSPS) is 27.5. The third kappa shape index (κ3) is 4.25. The van der Waals surface area contributed by atoms with Crippen LogP contribution in [-0.4, -0.2) is 66.7 Å². The van der Waals surface area contributed by atoms with Crippen molar-refractivity contribution in [3.05, 3.63) is 0 Å². The molecule has 1 N–H and O–H groups in total. The van der Waals surface area contributed by atoms with Crippen molar-refractivity contribution in [1.29, 1.82) is 0 Å². The summed E-state index contributed by atoms with van der Waals surface area (Å²) in [6.45, 7) is 4.87. The summed E-state index contributed by atoms with van der Waals surface area (Å²) in [5.74, 6) is -0.135. The molecule has 2 rings (SSSR count). The molecule has 2 atom stereocenters. The van der Waals surface area contributed by atoms with Gasteiger partial charge in [-0.25, -0.2) is 8.42 Å². The number of aliphatic hydroxyl groups is 1. The number of sulfone groups is 1. The third-order valence-electron chi connectivity index (χ3n) is 4.98. The fourth-order valence-corrected chi connectivity index (χ4v) is 5.69. The molecule has 6 nitrogen and oxygen atoms in total. The van der Waals surface area contributed by atoms with Crippen LogP contribution < -0.4 is 0 Å². The van der Waals surface area contributed by atoms with Crippen LogP contribution in [0.3, 0.4) is 0 Å². The summed E-state index contributed by atoms with van der Waals surface area (Å²) in [4.78, 5) is 14.4. The molecular weight excluding hydrogens is 318 g/mol. The zero-order valence-electron chi connectivity index (χ0n) is 14.2. The second-order valence-corrected chi connectivity index (χ2v) is 9.16. The first-order chi connectivity index (χ1) is 10.8. The van der Waals surface area contributed by atoms with Crippen molar-refractivity contribution < 1.29 is 23.1 Å². The maximum absolute atomic E-state index is 12.8. The van der Waals surface area contributed by atoms with Gasteiger partial charge in [-0.1, -0.05) is 26.7 Å². The van der Waals surface area contributed by atoms with E-state index in [1.165, 1.54) is 0 Å². The minimum Gasteiger partial charge on any atom is -0.389 e. The Morgan fingerprint density at radius 3 is 2.57 bits per heavy atom. The minimum atomic E-state index is -3.20. The van der Waals surface area contributed by atoms with Gasteiger partial charge >= 0.3 is 0 Å². The zero-order valence-corrected chi connectivity index (χ0v) is 15.0. The van der Waals surface area contributed by atoms with Crippen molar-refractivity contribution in [2.45, 2.75) is 69.3 Å². The van der Waals surface area contributed by atoms with Gasteiger partial charge in [-0.05, 0) is 19.3 Å². The molecule has 0 unspecified atom stereocenters. The highest BCUT2D eigenvalue weighted by molar-refractivity contribution is 7.92. The molecule has 134 valence electrons. The summed E-state index contributed by atoms with van der Waals surface area (Å²) in [5, 5.41) is 10.1. The monoisotopic (exact) mass is 347 g/mol. The molecule has 0 aromatic rings. The number of nitrogens with zero attached hydrogens (tertiary/aromatic N) is 1. The van der Waals surface area contributed by atoms with Crippen LogP contribution in [0.15, 0.2) is 0 Å². The average Bonchev–Trinajstić information content (AvgIpc) is 2.47. The van der Waals surface area contributed by atoms with Crippen LogP contribution in [0.25, 0.3) is 0 Å². The predicted molar refractivity (Wildman–Crippen MR) is 87.9 cm³/mol. The fourth-order valence-electron chi connectivity index (χ4n) is 3.87. The summed E-state index contributed by atoms with van der Waals surface area (Å²) in [6.07, 6.45) is 3.45. The van der Waals surface area contributed by atoms with Crippen LogP contribution in [0.2, 0.25) is 0 Å². The second-order valence-electron chi connectivity index (χ2n) is 6.82. The zero-order chi connectivity index (χ0) is 17.1. The van der Waals surface area contributed by atoms with Gasteiger partial charge in [-0.2, -0.15) is 0 Å². The molecule has 0 bridgehead atoms. The number of carbonyl (C=O) groups excluding carboxylic acids is 1. The summed E-state index contributed by atoms with van der Waals surface area (Å²) >= 11 is 0. The number of hydrogen-bond donors (Lipinski definition) is 1. The Labute approximate surface area is 139 Å². The molecule has 1 amide bonds. The average molecular weight is 347 g/mol. The molecule has 0 aromatic heterocycles. The molecule has 7 heteroatoms. The summed E-state index contributed by atoms with van der Waals surface area (Å²) < 4.78 is 29.7.